The van der Waals surface area contributed by atoms with E-state index in [1.165, 1.54) is 18.2 Å². The molecular formula is C19H17N3O2. The van der Waals surface area contributed by atoms with Gasteiger partial charge in [0.05, 0.1) is 6.04 Å². The number of carbonyl (C=O) groups is 1. The van der Waals surface area contributed by atoms with Crippen LogP contribution in [0.2, 0.25) is 0 Å². The Hall–Kier alpha value is -3.26. The van der Waals surface area contributed by atoms with Gasteiger partial charge in [0.1, 0.15) is 17.3 Å². The molecule has 2 aromatic rings. The quantitative estimate of drug-likeness (QED) is 0.510. The summed E-state index contributed by atoms with van der Waals surface area (Å²) in [5.74, 6) is -0.439. The summed E-state index contributed by atoms with van der Waals surface area (Å²) in [7, 11) is 0. The van der Waals surface area contributed by atoms with Crippen molar-refractivity contribution in [3.63, 3.8) is 0 Å². The second kappa shape index (κ2) is 7.84. The highest BCUT2D eigenvalue weighted by molar-refractivity contribution is 6.01. The first kappa shape index (κ1) is 17.1. The van der Waals surface area contributed by atoms with E-state index in [-0.39, 0.29) is 11.6 Å². The van der Waals surface area contributed by atoms with Gasteiger partial charge in [-0.1, -0.05) is 36.4 Å². The molecule has 0 aromatic heterocycles. The lowest BCUT2D eigenvalue weighted by Crippen LogP contribution is -2.28. The highest BCUT2D eigenvalue weighted by Gasteiger charge is 2.14. The van der Waals surface area contributed by atoms with E-state index >= 15 is 0 Å². The maximum atomic E-state index is 12.3. The van der Waals surface area contributed by atoms with E-state index < -0.39 is 5.91 Å². The molecule has 5 nitrogen and oxygen atoms in total. The second-order valence-electron chi connectivity index (χ2n) is 5.40. The third-order valence-corrected chi connectivity index (χ3v) is 3.68. The van der Waals surface area contributed by atoms with Crippen molar-refractivity contribution in [1.82, 2.24) is 5.32 Å². The predicted molar refractivity (Wildman–Crippen MR) is 93.2 cm³/mol. The molecule has 0 aliphatic carbocycles. The lowest BCUT2D eigenvalue weighted by Gasteiger charge is -2.16. The van der Waals surface area contributed by atoms with Crippen molar-refractivity contribution in [2.75, 3.05) is 0 Å². The average Bonchev–Trinajstić information content (AvgIpc) is 2.60. The molecular weight excluding hydrogens is 302 g/mol. The Bertz CT molecular complexity index is 817. The molecule has 0 heterocycles. The fourth-order valence-corrected chi connectivity index (χ4v) is 2.37. The first-order chi connectivity index (χ1) is 11.5. The van der Waals surface area contributed by atoms with Gasteiger partial charge in [0.2, 0.25) is 0 Å². The lowest BCUT2D eigenvalue weighted by molar-refractivity contribution is -0.117. The predicted octanol–water partition coefficient (Wildman–Crippen LogP) is 4.18. The average molecular weight is 319 g/mol. The molecule has 0 unspecified atom stereocenters. The van der Waals surface area contributed by atoms with Crippen LogP contribution >= 0.6 is 0 Å². The van der Waals surface area contributed by atoms with Crippen molar-refractivity contribution in [3.8, 4) is 6.07 Å². The minimum absolute atomic E-state index is 0.00208. The molecule has 0 fully saturated rings. The van der Waals surface area contributed by atoms with Gasteiger partial charge in [0, 0.05) is 0 Å². The van der Waals surface area contributed by atoms with Crippen LogP contribution in [0, 0.1) is 23.2 Å². The van der Waals surface area contributed by atoms with Crippen LogP contribution in [0.4, 0.5) is 5.69 Å². The van der Waals surface area contributed by atoms with Crippen LogP contribution in [0.15, 0.2) is 59.3 Å². The van der Waals surface area contributed by atoms with E-state index in [1.807, 2.05) is 44.2 Å². The van der Waals surface area contributed by atoms with Crippen LogP contribution < -0.4 is 5.32 Å². The standard InChI is InChI=1S/C19H17N3O2/c1-13-5-3-4-6-18(13)14(2)21-19(23)16(12-20)11-15-7-9-17(22-24)10-8-15/h3-11,14H,1-2H3,(H,21,23)/b16-11+/t14-/m0/s1. The van der Waals surface area contributed by atoms with Gasteiger partial charge in [-0.25, -0.2) is 0 Å². The van der Waals surface area contributed by atoms with E-state index in [9.17, 15) is 15.0 Å². The van der Waals surface area contributed by atoms with E-state index in [4.69, 9.17) is 0 Å². The van der Waals surface area contributed by atoms with Gasteiger partial charge in [0.25, 0.3) is 5.91 Å². The molecule has 0 aliphatic heterocycles. The van der Waals surface area contributed by atoms with E-state index in [0.717, 1.165) is 11.1 Å². The molecule has 0 radical (unpaired) electrons. The number of amides is 1. The summed E-state index contributed by atoms with van der Waals surface area (Å²) in [6, 6.07) is 15.8. The van der Waals surface area contributed by atoms with Gasteiger partial charge in [-0.2, -0.15) is 5.26 Å². The number of nitriles is 1. The van der Waals surface area contributed by atoms with Crippen LogP contribution in [0.5, 0.6) is 0 Å². The Labute approximate surface area is 140 Å². The van der Waals surface area contributed by atoms with Gasteiger partial charge in [-0.05, 0) is 53.9 Å². The van der Waals surface area contributed by atoms with Crippen molar-refractivity contribution in [2.24, 2.45) is 5.18 Å². The third kappa shape index (κ3) is 4.14. The second-order valence-corrected chi connectivity index (χ2v) is 5.40. The topological polar surface area (TPSA) is 82.3 Å². The van der Waals surface area contributed by atoms with E-state index in [0.29, 0.717) is 11.3 Å². The largest absolute Gasteiger partial charge is 0.345 e. The zero-order chi connectivity index (χ0) is 17.5. The minimum Gasteiger partial charge on any atom is -0.345 e. The van der Waals surface area contributed by atoms with Crippen molar-refractivity contribution in [1.29, 1.82) is 5.26 Å². The first-order valence-corrected chi connectivity index (χ1v) is 7.46. The number of nitroso groups, excluding NO2 is 1. The lowest BCUT2D eigenvalue weighted by atomic mass is 10.0. The van der Waals surface area contributed by atoms with Gasteiger partial charge in [-0.3, -0.25) is 4.79 Å². The summed E-state index contributed by atoms with van der Waals surface area (Å²) in [5.41, 5.74) is 3.03. The van der Waals surface area contributed by atoms with Crippen LogP contribution in [0.1, 0.15) is 29.7 Å². The SMILES string of the molecule is Cc1ccccc1[C@H](C)NC(=O)/C(C#N)=C/c1ccc(N=O)cc1. The fourth-order valence-electron chi connectivity index (χ4n) is 2.37. The van der Waals surface area contributed by atoms with Gasteiger partial charge < -0.3 is 5.32 Å². The third-order valence-electron chi connectivity index (χ3n) is 3.68. The van der Waals surface area contributed by atoms with Crippen LogP contribution in [0.3, 0.4) is 0 Å². The maximum absolute atomic E-state index is 12.3. The number of nitrogens with one attached hydrogen (secondary N) is 1. The minimum atomic E-state index is -0.439. The summed E-state index contributed by atoms with van der Waals surface area (Å²) in [5, 5.41) is 14.9. The summed E-state index contributed by atoms with van der Waals surface area (Å²) in [4.78, 5) is 22.7. The van der Waals surface area contributed by atoms with Crippen LogP contribution in [-0.2, 0) is 4.79 Å². The zero-order valence-corrected chi connectivity index (χ0v) is 13.5. The fraction of sp³-hybridized carbons (Fsp3) is 0.158. The molecule has 1 amide bonds. The molecule has 2 rings (SSSR count). The van der Waals surface area contributed by atoms with Crippen LogP contribution in [-0.4, -0.2) is 5.91 Å². The van der Waals surface area contributed by atoms with Gasteiger partial charge >= 0.3 is 0 Å². The zero-order valence-electron chi connectivity index (χ0n) is 13.5. The Morgan fingerprint density at radius 3 is 2.46 bits per heavy atom. The molecule has 2 aromatic carbocycles. The molecule has 0 saturated heterocycles. The maximum Gasteiger partial charge on any atom is 0.262 e. The number of hydrogen-bond acceptors (Lipinski definition) is 4. The van der Waals surface area contributed by atoms with Gasteiger partial charge in [-0.15, -0.1) is 4.91 Å². The number of carbonyl (C=O) groups excluding carboxylic acids is 1. The number of benzene rings is 2. The van der Waals surface area contributed by atoms with Crippen molar-refractivity contribution in [2.45, 2.75) is 19.9 Å². The Morgan fingerprint density at radius 1 is 1.21 bits per heavy atom. The molecule has 0 spiro atoms. The van der Waals surface area contributed by atoms with Gasteiger partial charge in [0.15, 0.2) is 0 Å². The summed E-state index contributed by atoms with van der Waals surface area (Å²) < 4.78 is 0. The number of nitrogens with zero attached hydrogens (tertiary/aromatic N) is 2. The first-order valence-electron chi connectivity index (χ1n) is 7.46. The Balaban J connectivity index is 2.16. The highest BCUT2D eigenvalue weighted by atomic mass is 16.3. The number of aryl methyl sites for hydroxylation is 1. The van der Waals surface area contributed by atoms with E-state index in [2.05, 4.69) is 10.5 Å². The summed E-state index contributed by atoms with van der Waals surface area (Å²) >= 11 is 0. The molecule has 1 N–H and O–H groups in total. The van der Waals surface area contributed by atoms with Crippen molar-refractivity contribution < 1.29 is 4.79 Å². The summed E-state index contributed by atoms with van der Waals surface area (Å²) in [6.45, 7) is 3.85. The molecule has 24 heavy (non-hydrogen) atoms. The van der Waals surface area contributed by atoms with Crippen molar-refractivity contribution in [3.05, 3.63) is 75.7 Å². The molecule has 0 saturated carbocycles. The van der Waals surface area contributed by atoms with E-state index in [1.54, 1.807) is 12.1 Å². The molecule has 1 atom stereocenters. The normalized spacial score (nSPS) is 12.1. The van der Waals surface area contributed by atoms with Crippen LogP contribution in [0.25, 0.3) is 6.08 Å². The number of rotatable bonds is 5. The molecule has 0 bridgehead atoms. The smallest absolute Gasteiger partial charge is 0.262 e. The molecule has 120 valence electrons. The monoisotopic (exact) mass is 319 g/mol. The molecule has 0 aliphatic rings. The number of hydrogen-bond donors (Lipinski definition) is 1. The molecule has 5 heteroatoms. The Morgan fingerprint density at radius 2 is 1.88 bits per heavy atom. The summed E-state index contributed by atoms with van der Waals surface area (Å²) in [6.07, 6.45) is 1.48. The van der Waals surface area contributed by atoms with Crippen molar-refractivity contribution >= 4 is 17.7 Å². The highest BCUT2D eigenvalue weighted by Crippen LogP contribution is 2.18. The Kier molecular flexibility index (Phi) is 5.58.